The number of aliphatic hydroxyl groups excluding tert-OH is 5. The molecule has 0 aromatic heterocycles. The summed E-state index contributed by atoms with van der Waals surface area (Å²) in [4.78, 5) is 12.8. The summed E-state index contributed by atoms with van der Waals surface area (Å²) in [5, 5.41) is 53.8. The van der Waals surface area contributed by atoms with Crippen molar-refractivity contribution >= 4 is 5.91 Å². The average molecular weight is 682 g/mol. The van der Waals surface area contributed by atoms with Crippen molar-refractivity contribution in [2.24, 2.45) is 0 Å². The summed E-state index contributed by atoms with van der Waals surface area (Å²) in [6.45, 7) is 3.68. The van der Waals surface area contributed by atoms with Gasteiger partial charge in [-0.05, 0) is 51.4 Å². The van der Waals surface area contributed by atoms with E-state index in [1.165, 1.54) is 64.2 Å². The number of ether oxygens (including phenoxy) is 2. The Bertz CT molecular complexity index is 848. The zero-order valence-electron chi connectivity index (χ0n) is 30.2. The Kier molecular flexibility index (Phi) is 28.0. The van der Waals surface area contributed by atoms with Crippen LogP contribution in [0.2, 0.25) is 0 Å². The van der Waals surface area contributed by atoms with Crippen molar-refractivity contribution < 1.29 is 39.8 Å². The van der Waals surface area contributed by atoms with Gasteiger partial charge < -0.3 is 40.3 Å². The second-order valence-corrected chi connectivity index (χ2v) is 13.4. The van der Waals surface area contributed by atoms with Crippen LogP contribution in [-0.4, -0.2) is 87.5 Å². The lowest BCUT2D eigenvalue weighted by molar-refractivity contribution is -0.302. The number of allylic oxidation sites excluding steroid dienone is 5. The number of unbranched alkanes of at least 4 members (excludes halogenated alkanes) is 16. The zero-order chi connectivity index (χ0) is 35.2. The lowest BCUT2D eigenvalue weighted by atomic mass is 9.99. The van der Waals surface area contributed by atoms with Crippen LogP contribution in [0.4, 0.5) is 0 Å². The highest BCUT2D eigenvalue weighted by atomic mass is 16.7. The molecule has 9 nitrogen and oxygen atoms in total. The molecule has 1 amide bonds. The van der Waals surface area contributed by atoms with Crippen LogP contribution in [-0.2, 0) is 14.3 Å². The van der Waals surface area contributed by atoms with Crippen molar-refractivity contribution in [2.45, 2.75) is 192 Å². The second kappa shape index (κ2) is 30.3. The second-order valence-electron chi connectivity index (χ2n) is 13.4. The maximum absolute atomic E-state index is 12.8. The number of hydrogen-bond donors (Lipinski definition) is 6. The van der Waals surface area contributed by atoms with Crippen LogP contribution in [0.5, 0.6) is 0 Å². The Morgan fingerprint density at radius 3 is 1.83 bits per heavy atom. The number of carbonyl (C=O) groups excluding carboxylic acids is 1. The predicted octanol–water partition coefficient (Wildman–Crippen LogP) is 6.55. The minimum Gasteiger partial charge on any atom is -0.394 e. The lowest BCUT2D eigenvalue weighted by Crippen LogP contribution is -2.60. The molecule has 280 valence electrons. The van der Waals surface area contributed by atoms with E-state index >= 15 is 0 Å². The van der Waals surface area contributed by atoms with Crippen LogP contribution in [0.25, 0.3) is 0 Å². The largest absolute Gasteiger partial charge is 0.394 e. The first-order valence-corrected chi connectivity index (χ1v) is 19.2. The third-order valence-electron chi connectivity index (χ3n) is 8.96. The van der Waals surface area contributed by atoms with Crippen LogP contribution in [0.1, 0.15) is 149 Å². The minimum atomic E-state index is -1.57. The summed E-state index contributed by atoms with van der Waals surface area (Å²) in [5.74, 6) is -0.196. The lowest BCUT2D eigenvalue weighted by Gasteiger charge is -2.40. The van der Waals surface area contributed by atoms with E-state index in [1.54, 1.807) is 6.08 Å². The van der Waals surface area contributed by atoms with Crippen molar-refractivity contribution in [3.63, 3.8) is 0 Å². The van der Waals surface area contributed by atoms with Gasteiger partial charge in [0.05, 0.1) is 25.4 Å². The van der Waals surface area contributed by atoms with Crippen LogP contribution in [0.3, 0.4) is 0 Å². The molecule has 1 aliphatic rings. The summed E-state index contributed by atoms with van der Waals surface area (Å²) in [6.07, 6.45) is 27.5. The number of aliphatic hydroxyl groups is 5. The van der Waals surface area contributed by atoms with Gasteiger partial charge in [0.2, 0.25) is 5.91 Å². The van der Waals surface area contributed by atoms with E-state index < -0.39 is 49.5 Å². The van der Waals surface area contributed by atoms with E-state index in [4.69, 9.17) is 9.47 Å². The fraction of sp³-hybridized carbons (Fsp3) is 0.821. The molecule has 1 heterocycles. The van der Waals surface area contributed by atoms with Gasteiger partial charge >= 0.3 is 0 Å². The van der Waals surface area contributed by atoms with E-state index in [0.717, 1.165) is 64.2 Å². The minimum absolute atomic E-state index is 0.195. The van der Waals surface area contributed by atoms with Gasteiger partial charge in [-0.25, -0.2) is 0 Å². The maximum atomic E-state index is 12.8. The van der Waals surface area contributed by atoms with Gasteiger partial charge in [0.15, 0.2) is 6.29 Å². The van der Waals surface area contributed by atoms with E-state index in [1.807, 2.05) is 6.08 Å². The summed E-state index contributed by atoms with van der Waals surface area (Å²) in [5.41, 5.74) is 0. The van der Waals surface area contributed by atoms with Gasteiger partial charge in [0.1, 0.15) is 24.4 Å². The van der Waals surface area contributed by atoms with Crippen molar-refractivity contribution in [3.05, 3.63) is 36.5 Å². The Labute approximate surface area is 291 Å². The number of carbonyl (C=O) groups is 1. The maximum Gasteiger partial charge on any atom is 0.220 e. The molecule has 0 aliphatic carbocycles. The van der Waals surface area contributed by atoms with Crippen LogP contribution >= 0.6 is 0 Å². The van der Waals surface area contributed by atoms with Gasteiger partial charge in [0.25, 0.3) is 0 Å². The predicted molar refractivity (Wildman–Crippen MR) is 193 cm³/mol. The number of hydrogen-bond acceptors (Lipinski definition) is 8. The normalized spacial score (nSPS) is 23.0. The third-order valence-corrected chi connectivity index (χ3v) is 8.96. The first kappa shape index (κ1) is 44.4. The number of amides is 1. The van der Waals surface area contributed by atoms with E-state index in [-0.39, 0.29) is 12.5 Å². The highest BCUT2D eigenvalue weighted by Gasteiger charge is 2.44. The van der Waals surface area contributed by atoms with Crippen molar-refractivity contribution in [1.29, 1.82) is 0 Å². The highest BCUT2D eigenvalue weighted by Crippen LogP contribution is 2.22. The van der Waals surface area contributed by atoms with Crippen molar-refractivity contribution in [1.82, 2.24) is 5.32 Å². The summed E-state index contributed by atoms with van der Waals surface area (Å²) >= 11 is 0. The Morgan fingerprint density at radius 1 is 0.708 bits per heavy atom. The molecule has 0 radical (unpaired) electrons. The molecule has 6 N–H and O–H groups in total. The molecule has 2 unspecified atom stereocenters. The van der Waals surface area contributed by atoms with Crippen LogP contribution < -0.4 is 5.32 Å². The zero-order valence-corrected chi connectivity index (χ0v) is 30.2. The van der Waals surface area contributed by atoms with Crippen molar-refractivity contribution in [2.75, 3.05) is 13.2 Å². The SMILES string of the molecule is CCCCC/C=C/C/C=C/CCCCCCCC(=O)N[C@@H](CO[C@H]1O[C@@H](CO)[C@H](O)C(O)C1O)[C@H](O)/C=C/CCCCCCCCCC. The van der Waals surface area contributed by atoms with E-state index in [2.05, 4.69) is 43.5 Å². The summed E-state index contributed by atoms with van der Waals surface area (Å²) in [6, 6.07) is -0.808. The van der Waals surface area contributed by atoms with Gasteiger partial charge in [-0.3, -0.25) is 4.79 Å². The molecule has 1 rings (SSSR count). The number of nitrogens with one attached hydrogen (secondary N) is 1. The molecule has 48 heavy (non-hydrogen) atoms. The molecule has 1 aliphatic heterocycles. The van der Waals surface area contributed by atoms with E-state index in [9.17, 15) is 30.3 Å². The molecule has 1 saturated heterocycles. The topological polar surface area (TPSA) is 149 Å². The standard InChI is InChI=1S/C39H71NO8/c1-3-5-7-9-11-13-15-16-17-18-19-21-23-25-27-29-35(43)40-32(31-47-39-38(46)37(45)36(44)34(30-41)48-39)33(42)28-26-24-22-20-14-12-10-8-6-4-2/h11,13,16-17,26,28,32-34,36-39,41-42,44-46H,3-10,12,14-15,18-25,27,29-31H2,1-2H3,(H,40,43)/b13-11+,17-16+,28-26+/t32-,33+,34-,36-,37?,38?,39-/m0/s1. The van der Waals surface area contributed by atoms with Crippen LogP contribution in [0, 0.1) is 0 Å². The Hall–Kier alpha value is -1.59. The summed E-state index contributed by atoms with van der Waals surface area (Å²) in [7, 11) is 0. The van der Waals surface area contributed by atoms with Crippen molar-refractivity contribution in [3.8, 4) is 0 Å². The molecule has 7 atom stereocenters. The smallest absolute Gasteiger partial charge is 0.220 e. The van der Waals surface area contributed by atoms with Gasteiger partial charge in [-0.1, -0.05) is 127 Å². The van der Waals surface area contributed by atoms with Gasteiger partial charge in [-0.15, -0.1) is 0 Å². The molecule has 0 aromatic carbocycles. The Balaban J connectivity index is 2.46. The molecule has 0 bridgehead atoms. The van der Waals surface area contributed by atoms with Gasteiger partial charge in [0, 0.05) is 6.42 Å². The number of rotatable bonds is 30. The molecule has 1 fully saturated rings. The van der Waals surface area contributed by atoms with E-state index in [0.29, 0.717) is 6.42 Å². The molecular weight excluding hydrogens is 610 g/mol. The molecule has 0 aromatic rings. The summed E-state index contributed by atoms with van der Waals surface area (Å²) < 4.78 is 11.1. The molecule has 9 heteroatoms. The average Bonchev–Trinajstić information content (AvgIpc) is 3.08. The fourth-order valence-corrected chi connectivity index (χ4v) is 5.77. The Morgan fingerprint density at radius 2 is 1.23 bits per heavy atom. The molecular formula is C39H71NO8. The first-order chi connectivity index (χ1) is 23.3. The fourth-order valence-electron chi connectivity index (χ4n) is 5.77. The molecule has 0 spiro atoms. The molecule has 0 saturated carbocycles. The third kappa shape index (κ3) is 21.5. The first-order valence-electron chi connectivity index (χ1n) is 19.2. The van der Waals surface area contributed by atoms with Crippen LogP contribution in [0.15, 0.2) is 36.5 Å². The highest BCUT2D eigenvalue weighted by molar-refractivity contribution is 5.76. The quantitative estimate of drug-likeness (QED) is 0.0370. The monoisotopic (exact) mass is 682 g/mol. The van der Waals surface area contributed by atoms with Gasteiger partial charge in [-0.2, -0.15) is 0 Å².